The van der Waals surface area contributed by atoms with Gasteiger partial charge in [0.15, 0.2) is 0 Å². The first-order valence-corrected chi connectivity index (χ1v) is 9.34. The Morgan fingerprint density at radius 3 is 2.38 bits per heavy atom. The fourth-order valence-corrected chi connectivity index (χ4v) is 3.22. The van der Waals surface area contributed by atoms with Gasteiger partial charge in [-0.3, -0.25) is 4.79 Å². The summed E-state index contributed by atoms with van der Waals surface area (Å²) >= 11 is 0. The maximum atomic E-state index is 12.6. The monoisotopic (exact) mass is 344 g/mol. The number of benzene rings is 2. The molecule has 2 aromatic carbocycles. The molecule has 24 heavy (non-hydrogen) atoms. The van der Waals surface area contributed by atoms with Crippen molar-refractivity contribution in [3.05, 3.63) is 65.7 Å². The van der Waals surface area contributed by atoms with E-state index in [4.69, 9.17) is 0 Å². The molecule has 2 N–H and O–H groups in total. The molecule has 0 saturated carbocycles. The van der Waals surface area contributed by atoms with Crippen molar-refractivity contribution in [3.63, 3.8) is 0 Å². The summed E-state index contributed by atoms with van der Waals surface area (Å²) < 4.78 is 15.6. The average molecular weight is 344 g/mol. The van der Waals surface area contributed by atoms with Gasteiger partial charge in [0, 0.05) is 6.54 Å². The third kappa shape index (κ3) is 5.28. The molecular weight excluding hydrogens is 320 g/mol. The first kappa shape index (κ1) is 18.4. The summed E-state index contributed by atoms with van der Waals surface area (Å²) in [6.45, 7) is 4.68. The van der Waals surface area contributed by atoms with Gasteiger partial charge < -0.3 is 5.32 Å². The normalized spacial score (nSPS) is 13.2. The van der Waals surface area contributed by atoms with Crippen molar-refractivity contribution in [2.45, 2.75) is 37.6 Å². The third-order valence-electron chi connectivity index (χ3n) is 3.68. The zero-order valence-electron chi connectivity index (χ0n) is 14.1. The van der Waals surface area contributed by atoms with Crippen molar-refractivity contribution in [1.29, 1.82) is 0 Å². The highest BCUT2D eigenvalue weighted by atomic mass is 32.2. The molecule has 5 heteroatoms. The molecule has 1 amide bonds. The first-order valence-electron chi connectivity index (χ1n) is 8.19. The Morgan fingerprint density at radius 2 is 1.75 bits per heavy atom. The number of carbonyl (C=O) groups is 1. The van der Waals surface area contributed by atoms with Crippen molar-refractivity contribution in [2.24, 2.45) is 0 Å². The summed E-state index contributed by atoms with van der Waals surface area (Å²) in [6.07, 6.45) is 1.94. The predicted octanol–water partition coefficient (Wildman–Crippen LogP) is 3.26. The summed E-state index contributed by atoms with van der Waals surface area (Å²) in [5, 5.41) is 2.91. The van der Waals surface area contributed by atoms with Gasteiger partial charge in [-0.15, -0.1) is 0 Å². The Balaban J connectivity index is 2.14. The van der Waals surface area contributed by atoms with Crippen LogP contribution in [0.4, 0.5) is 0 Å². The highest BCUT2D eigenvalue weighted by Crippen LogP contribution is 2.16. The van der Waals surface area contributed by atoms with E-state index in [1.54, 1.807) is 0 Å². The number of hydrogen-bond donors (Lipinski definition) is 2. The van der Waals surface area contributed by atoms with Crippen LogP contribution in [0.25, 0.3) is 0 Å². The summed E-state index contributed by atoms with van der Waals surface area (Å²) in [4.78, 5) is 13.2. The Labute approximate surface area is 146 Å². The lowest BCUT2D eigenvalue weighted by Gasteiger charge is -2.18. The van der Waals surface area contributed by atoms with Crippen molar-refractivity contribution >= 4 is 16.9 Å². The second-order valence-corrected chi connectivity index (χ2v) is 6.93. The van der Waals surface area contributed by atoms with E-state index in [9.17, 15) is 9.00 Å². The molecule has 2 rings (SSSR count). The summed E-state index contributed by atoms with van der Waals surface area (Å²) in [5.41, 5.74) is 1.90. The van der Waals surface area contributed by atoms with Crippen molar-refractivity contribution < 1.29 is 9.00 Å². The lowest BCUT2D eigenvalue weighted by Crippen LogP contribution is -2.38. The Morgan fingerprint density at radius 1 is 1.08 bits per heavy atom. The highest BCUT2D eigenvalue weighted by Gasteiger charge is 2.22. The van der Waals surface area contributed by atoms with Gasteiger partial charge in [-0.25, -0.2) is 8.93 Å². The van der Waals surface area contributed by atoms with Gasteiger partial charge >= 0.3 is 0 Å². The topological polar surface area (TPSA) is 58.2 Å². The van der Waals surface area contributed by atoms with Crippen LogP contribution in [-0.4, -0.2) is 16.7 Å². The average Bonchev–Trinajstić information content (AvgIpc) is 2.61. The van der Waals surface area contributed by atoms with Crippen LogP contribution < -0.4 is 10.0 Å². The zero-order valence-corrected chi connectivity index (χ0v) is 14.9. The largest absolute Gasteiger partial charge is 0.354 e. The summed E-state index contributed by atoms with van der Waals surface area (Å²) in [6, 6.07) is 16.2. The first-order chi connectivity index (χ1) is 11.6. The zero-order chi connectivity index (χ0) is 17.4. The number of unbranched alkanes of at least 4 members (excludes halogenated alkanes) is 1. The van der Waals surface area contributed by atoms with Gasteiger partial charge in [-0.1, -0.05) is 61.4 Å². The van der Waals surface area contributed by atoms with Gasteiger partial charge in [0.25, 0.3) is 0 Å². The molecule has 0 bridgehead atoms. The van der Waals surface area contributed by atoms with Crippen LogP contribution in [0.15, 0.2) is 59.5 Å². The molecule has 0 heterocycles. The molecule has 0 radical (unpaired) electrons. The van der Waals surface area contributed by atoms with E-state index in [2.05, 4.69) is 17.0 Å². The Bertz CT molecular complexity index is 672. The lowest BCUT2D eigenvalue weighted by molar-refractivity contribution is -0.122. The molecule has 4 nitrogen and oxygen atoms in total. The van der Waals surface area contributed by atoms with Gasteiger partial charge in [0.1, 0.15) is 17.0 Å². The van der Waals surface area contributed by atoms with Crippen LogP contribution in [0.1, 0.15) is 36.9 Å². The molecule has 2 atom stereocenters. The van der Waals surface area contributed by atoms with Crippen LogP contribution in [0.3, 0.4) is 0 Å². The minimum absolute atomic E-state index is 0.157. The van der Waals surface area contributed by atoms with Crippen molar-refractivity contribution in [1.82, 2.24) is 10.0 Å². The van der Waals surface area contributed by atoms with Gasteiger partial charge in [-0.2, -0.15) is 0 Å². The minimum Gasteiger partial charge on any atom is -0.354 e. The van der Waals surface area contributed by atoms with Crippen LogP contribution in [0, 0.1) is 6.92 Å². The molecule has 1 unspecified atom stereocenters. The quantitative estimate of drug-likeness (QED) is 0.722. The van der Waals surface area contributed by atoms with Crippen molar-refractivity contribution in [2.75, 3.05) is 6.54 Å². The molecule has 0 aliphatic heterocycles. The fraction of sp³-hybridized carbons (Fsp3) is 0.316. The fourth-order valence-electron chi connectivity index (χ4n) is 2.25. The van der Waals surface area contributed by atoms with Crippen molar-refractivity contribution in [3.8, 4) is 0 Å². The van der Waals surface area contributed by atoms with Gasteiger partial charge in [0.05, 0.1) is 4.90 Å². The molecule has 2 aromatic rings. The molecule has 0 spiro atoms. The van der Waals surface area contributed by atoms with E-state index in [-0.39, 0.29) is 5.91 Å². The maximum Gasteiger partial charge on any atom is 0.242 e. The van der Waals surface area contributed by atoms with E-state index in [0.717, 1.165) is 24.0 Å². The summed E-state index contributed by atoms with van der Waals surface area (Å²) in [7, 11) is -1.46. The molecule has 0 aliphatic carbocycles. The maximum absolute atomic E-state index is 12.6. The number of hydrogen-bond acceptors (Lipinski definition) is 2. The molecule has 128 valence electrons. The number of carbonyl (C=O) groups excluding carboxylic acids is 1. The van der Waals surface area contributed by atoms with Crippen LogP contribution in [0.2, 0.25) is 0 Å². The van der Waals surface area contributed by atoms with Crippen LogP contribution >= 0.6 is 0 Å². The lowest BCUT2D eigenvalue weighted by atomic mass is 10.1. The van der Waals surface area contributed by atoms with Crippen LogP contribution in [0.5, 0.6) is 0 Å². The second kappa shape index (κ2) is 9.35. The Hall–Kier alpha value is -1.98. The standard InChI is InChI=1S/C19H24N2O2S/c1-3-4-14-20-19(22)18(16-8-6-5-7-9-16)21-24(23)17-12-10-15(2)11-13-17/h5-13,18,21H,3-4,14H2,1-2H3,(H,20,22)/t18-,24?/m1/s1. The molecule has 0 fully saturated rings. The second-order valence-electron chi connectivity index (χ2n) is 5.69. The highest BCUT2D eigenvalue weighted by molar-refractivity contribution is 7.83. The predicted molar refractivity (Wildman–Crippen MR) is 97.8 cm³/mol. The number of aryl methyl sites for hydroxylation is 1. The molecule has 0 aromatic heterocycles. The van der Waals surface area contributed by atoms with Gasteiger partial charge in [-0.05, 0) is 31.0 Å². The van der Waals surface area contributed by atoms with E-state index in [0.29, 0.717) is 11.4 Å². The number of amides is 1. The van der Waals surface area contributed by atoms with E-state index in [1.807, 2.05) is 61.5 Å². The van der Waals surface area contributed by atoms with E-state index < -0.39 is 17.0 Å². The van der Waals surface area contributed by atoms with Gasteiger partial charge in [0.2, 0.25) is 5.91 Å². The number of rotatable bonds is 8. The SMILES string of the molecule is CCCCNC(=O)[C@H](NS(=O)c1ccc(C)cc1)c1ccccc1. The Kier molecular flexibility index (Phi) is 7.15. The smallest absolute Gasteiger partial charge is 0.242 e. The third-order valence-corrected chi connectivity index (χ3v) is 4.83. The molecule has 0 aliphatic rings. The molecule has 0 saturated heterocycles. The minimum atomic E-state index is -1.46. The number of nitrogens with one attached hydrogen (secondary N) is 2. The molecular formula is C19H24N2O2S. The van der Waals surface area contributed by atoms with E-state index in [1.165, 1.54) is 0 Å². The summed E-state index contributed by atoms with van der Waals surface area (Å²) in [5.74, 6) is -0.157. The van der Waals surface area contributed by atoms with Crippen LogP contribution in [-0.2, 0) is 15.8 Å². The van der Waals surface area contributed by atoms with E-state index >= 15 is 0 Å².